The van der Waals surface area contributed by atoms with Crippen molar-refractivity contribution in [3.05, 3.63) is 36.4 Å². The maximum Gasteiger partial charge on any atom is 0.295 e. The van der Waals surface area contributed by atoms with Gasteiger partial charge in [0.25, 0.3) is 10.1 Å². The van der Waals surface area contributed by atoms with Gasteiger partial charge in [-0.25, -0.2) is 0 Å². The van der Waals surface area contributed by atoms with Crippen molar-refractivity contribution in [3.63, 3.8) is 0 Å². The summed E-state index contributed by atoms with van der Waals surface area (Å²) in [6.45, 7) is 5.99. The molecule has 1 aliphatic rings. The topological polar surface area (TPSA) is 69.6 Å². The van der Waals surface area contributed by atoms with Gasteiger partial charge in [-0.15, -0.1) is 0 Å². The summed E-state index contributed by atoms with van der Waals surface area (Å²) in [6, 6.07) is 11.3. The highest BCUT2D eigenvalue weighted by Crippen LogP contribution is 2.32. The fraction of sp³-hybridized carbons (Fsp3) is 0.375. The lowest BCUT2D eigenvalue weighted by Crippen LogP contribution is -2.54. The van der Waals surface area contributed by atoms with E-state index in [0.29, 0.717) is 17.5 Å². The highest BCUT2D eigenvalue weighted by molar-refractivity contribution is 7.86. The molecule has 1 saturated heterocycles. The molecule has 0 aliphatic carbocycles. The Labute approximate surface area is 130 Å². The monoisotopic (exact) mass is 320 g/mol. The van der Waals surface area contributed by atoms with E-state index in [9.17, 15) is 13.0 Å². The van der Waals surface area contributed by atoms with Gasteiger partial charge in [0.2, 0.25) is 0 Å². The first-order valence-corrected chi connectivity index (χ1v) is 8.80. The number of benzene rings is 2. The molecule has 22 heavy (non-hydrogen) atoms. The third-order valence-electron chi connectivity index (χ3n) is 4.04. The van der Waals surface area contributed by atoms with Crippen molar-refractivity contribution >= 4 is 26.6 Å². The summed E-state index contributed by atoms with van der Waals surface area (Å²) < 4.78 is 32.6. The Morgan fingerprint density at radius 1 is 1.05 bits per heavy atom. The van der Waals surface area contributed by atoms with Gasteiger partial charge in [0.15, 0.2) is 0 Å². The Kier molecular flexibility index (Phi) is 3.84. The molecule has 5 nitrogen and oxygen atoms in total. The number of rotatable bonds is 2. The van der Waals surface area contributed by atoms with Crippen LogP contribution in [0.15, 0.2) is 41.3 Å². The number of piperazine rings is 1. The van der Waals surface area contributed by atoms with Crippen LogP contribution in [0.5, 0.6) is 0 Å². The Hall–Kier alpha value is -1.63. The molecule has 2 aromatic rings. The molecule has 3 rings (SSSR count). The molecule has 0 saturated carbocycles. The molecule has 6 heteroatoms. The number of hydrogen-bond donors (Lipinski definition) is 2. The summed E-state index contributed by atoms with van der Waals surface area (Å²) in [7, 11) is -4.23. The van der Waals surface area contributed by atoms with E-state index in [1.807, 2.05) is 12.1 Å². The predicted molar refractivity (Wildman–Crippen MR) is 88.0 cm³/mol. The van der Waals surface area contributed by atoms with Gasteiger partial charge in [0.1, 0.15) is 4.90 Å². The van der Waals surface area contributed by atoms with E-state index in [1.54, 1.807) is 18.2 Å². The van der Waals surface area contributed by atoms with Gasteiger partial charge in [-0.05, 0) is 26.0 Å². The zero-order valence-corrected chi connectivity index (χ0v) is 13.5. The molecule has 2 unspecified atom stereocenters. The lowest BCUT2D eigenvalue weighted by Gasteiger charge is -2.38. The summed E-state index contributed by atoms with van der Waals surface area (Å²) >= 11 is 0. The Balaban J connectivity index is 2.16. The van der Waals surface area contributed by atoms with Crippen molar-refractivity contribution in [2.75, 3.05) is 18.0 Å². The maximum atomic E-state index is 11.6. The lowest BCUT2D eigenvalue weighted by atomic mass is 10.1. The van der Waals surface area contributed by atoms with Crippen LogP contribution in [0.2, 0.25) is 0 Å². The third kappa shape index (κ3) is 2.82. The minimum atomic E-state index is -4.23. The molecule has 0 aromatic heterocycles. The Bertz CT molecular complexity index is 794. The highest BCUT2D eigenvalue weighted by Gasteiger charge is 2.24. The second-order valence-electron chi connectivity index (χ2n) is 5.98. The molecule has 2 N–H and O–H groups in total. The summed E-state index contributed by atoms with van der Waals surface area (Å²) in [5, 5.41) is 4.89. The molecule has 0 spiro atoms. The number of nitrogens with one attached hydrogen (secondary N) is 1. The van der Waals surface area contributed by atoms with Crippen LogP contribution in [-0.2, 0) is 10.1 Å². The van der Waals surface area contributed by atoms with E-state index in [2.05, 4.69) is 24.1 Å². The molecule has 1 aliphatic heterocycles. The minimum absolute atomic E-state index is 0.0388. The Morgan fingerprint density at radius 3 is 2.23 bits per heavy atom. The zero-order chi connectivity index (χ0) is 15.9. The van der Waals surface area contributed by atoms with Crippen molar-refractivity contribution in [2.45, 2.75) is 30.8 Å². The first-order valence-electron chi connectivity index (χ1n) is 7.36. The second-order valence-corrected chi connectivity index (χ2v) is 7.37. The summed E-state index contributed by atoms with van der Waals surface area (Å²) in [5.74, 6) is 0. The quantitative estimate of drug-likeness (QED) is 0.831. The fourth-order valence-electron chi connectivity index (χ4n) is 3.28. The van der Waals surface area contributed by atoms with E-state index in [1.165, 1.54) is 6.07 Å². The molecule has 0 bridgehead atoms. The standard InChI is InChI=1S/C16H20N2O3S/c1-11-9-18(10-12(2)17-11)15-7-8-16(22(19,20)21)14-6-4-3-5-13(14)15/h3-8,11-12,17H,9-10H2,1-2H3,(H,19,20,21). The van der Waals surface area contributed by atoms with Gasteiger partial charge >= 0.3 is 0 Å². The maximum absolute atomic E-state index is 11.6. The first-order chi connectivity index (χ1) is 10.4. The minimum Gasteiger partial charge on any atom is -0.368 e. The van der Waals surface area contributed by atoms with Gasteiger partial charge in [-0.3, -0.25) is 4.55 Å². The molecule has 118 valence electrons. The van der Waals surface area contributed by atoms with Gasteiger partial charge in [-0.1, -0.05) is 24.3 Å². The molecule has 2 atom stereocenters. The van der Waals surface area contributed by atoms with Crippen LogP contribution in [0, 0.1) is 0 Å². The van der Waals surface area contributed by atoms with Crippen LogP contribution >= 0.6 is 0 Å². The van der Waals surface area contributed by atoms with E-state index in [0.717, 1.165) is 24.2 Å². The number of fused-ring (bicyclic) bond motifs is 1. The van der Waals surface area contributed by atoms with E-state index >= 15 is 0 Å². The molecule has 0 radical (unpaired) electrons. The Morgan fingerprint density at radius 2 is 1.64 bits per heavy atom. The summed E-state index contributed by atoms with van der Waals surface area (Å²) in [5.41, 5.74) is 1.00. The molecule has 1 fully saturated rings. The predicted octanol–water partition coefficient (Wildman–Crippen LogP) is 2.27. The number of hydrogen-bond acceptors (Lipinski definition) is 4. The van der Waals surface area contributed by atoms with Crippen molar-refractivity contribution in [2.24, 2.45) is 0 Å². The average molecular weight is 320 g/mol. The molecular formula is C16H20N2O3S. The van der Waals surface area contributed by atoms with Crippen LogP contribution in [0.25, 0.3) is 10.8 Å². The van der Waals surface area contributed by atoms with Crippen LogP contribution in [0.3, 0.4) is 0 Å². The first kappa shape index (κ1) is 15.3. The van der Waals surface area contributed by atoms with E-state index < -0.39 is 10.1 Å². The zero-order valence-electron chi connectivity index (χ0n) is 12.7. The summed E-state index contributed by atoms with van der Waals surface area (Å²) in [4.78, 5) is 2.23. The van der Waals surface area contributed by atoms with Crippen molar-refractivity contribution in [1.29, 1.82) is 0 Å². The van der Waals surface area contributed by atoms with Gasteiger partial charge < -0.3 is 10.2 Å². The van der Waals surface area contributed by atoms with E-state index in [4.69, 9.17) is 0 Å². The second kappa shape index (κ2) is 5.53. The van der Waals surface area contributed by atoms with Gasteiger partial charge in [0, 0.05) is 41.6 Å². The lowest BCUT2D eigenvalue weighted by molar-refractivity contribution is 0.407. The van der Waals surface area contributed by atoms with Crippen LogP contribution in [0.4, 0.5) is 5.69 Å². The van der Waals surface area contributed by atoms with E-state index in [-0.39, 0.29) is 4.90 Å². The number of nitrogens with zero attached hydrogens (tertiary/aromatic N) is 1. The average Bonchev–Trinajstić information content (AvgIpc) is 2.44. The van der Waals surface area contributed by atoms with Crippen LogP contribution in [0.1, 0.15) is 13.8 Å². The third-order valence-corrected chi connectivity index (χ3v) is 4.95. The van der Waals surface area contributed by atoms with Gasteiger partial charge in [0.05, 0.1) is 0 Å². The smallest absolute Gasteiger partial charge is 0.295 e. The van der Waals surface area contributed by atoms with Crippen molar-refractivity contribution < 1.29 is 13.0 Å². The molecular weight excluding hydrogens is 300 g/mol. The molecule has 0 amide bonds. The van der Waals surface area contributed by atoms with Crippen molar-refractivity contribution in [3.8, 4) is 0 Å². The summed E-state index contributed by atoms with van der Waals surface area (Å²) in [6.07, 6.45) is 0. The molecule has 2 aromatic carbocycles. The van der Waals surface area contributed by atoms with Crippen molar-refractivity contribution in [1.82, 2.24) is 5.32 Å². The van der Waals surface area contributed by atoms with Crippen LogP contribution < -0.4 is 10.2 Å². The normalized spacial score (nSPS) is 23.0. The molecule has 1 heterocycles. The van der Waals surface area contributed by atoms with Crippen LogP contribution in [-0.4, -0.2) is 38.1 Å². The largest absolute Gasteiger partial charge is 0.368 e. The van der Waals surface area contributed by atoms with Gasteiger partial charge in [-0.2, -0.15) is 8.42 Å². The fourth-order valence-corrected chi connectivity index (χ4v) is 3.98. The SMILES string of the molecule is CC1CN(c2ccc(S(=O)(=O)O)c3ccccc23)CC(C)N1. The highest BCUT2D eigenvalue weighted by atomic mass is 32.2. The number of anilines is 1.